The van der Waals surface area contributed by atoms with E-state index >= 15 is 0 Å². The molecule has 0 aliphatic carbocycles. The van der Waals surface area contributed by atoms with Crippen LogP contribution < -0.4 is 10.6 Å². The molecule has 1 aromatic heterocycles. The van der Waals surface area contributed by atoms with Gasteiger partial charge in [-0.3, -0.25) is 9.59 Å². The second-order valence-corrected chi connectivity index (χ2v) is 9.64. The van der Waals surface area contributed by atoms with Gasteiger partial charge in [0.2, 0.25) is 11.8 Å². The van der Waals surface area contributed by atoms with Crippen molar-refractivity contribution in [3.05, 3.63) is 50.1 Å². The number of hydrogen-bond acceptors (Lipinski definition) is 6. The molecule has 2 aromatic rings. The number of nitrogens with one attached hydrogen (secondary N) is 2. The molecule has 1 fully saturated rings. The van der Waals surface area contributed by atoms with E-state index in [9.17, 15) is 9.59 Å². The van der Waals surface area contributed by atoms with E-state index in [0.29, 0.717) is 15.9 Å². The first-order chi connectivity index (χ1) is 12.9. The fourth-order valence-electron chi connectivity index (χ4n) is 2.17. The second-order valence-electron chi connectivity index (χ2n) is 5.55. The van der Waals surface area contributed by atoms with E-state index in [-0.39, 0.29) is 18.2 Å². The number of halogens is 2. The predicted molar refractivity (Wildman–Crippen MR) is 116 cm³/mol. The van der Waals surface area contributed by atoms with E-state index in [1.807, 2.05) is 19.1 Å². The summed E-state index contributed by atoms with van der Waals surface area (Å²) >= 11 is 12.0. The molecule has 0 saturated carbocycles. The van der Waals surface area contributed by atoms with Gasteiger partial charge >= 0.3 is 0 Å². The van der Waals surface area contributed by atoms with Gasteiger partial charge in [-0.1, -0.05) is 23.4 Å². The number of carbonyl (C=O) groups excluding carboxylic acids is 2. The first-order valence-electron chi connectivity index (χ1n) is 7.81. The van der Waals surface area contributed by atoms with Crippen LogP contribution in [0.25, 0.3) is 0 Å². The average molecular weight is 486 g/mol. The molecule has 2 heterocycles. The molecule has 1 aromatic carbocycles. The van der Waals surface area contributed by atoms with Crippen LogP contribution in [0.15, 0.2) is 50.4 Å². The van der Waals surface area contributed by atoms with Gasteiger partial charge < -0.3 is 10.6 Å². The van der Waals surface area contributed by atoms with E-state index in [0.717, 1.165) is 14.4 Å². The third kappa shape index (κ3) is 5.65. The lowest BCUT2D eigenvalue weighted by atomic mass is 10.2. The lowest BCUT2D eigenvalue weighted by Gasteiger charge is -2.21. The van der Waals surface area contributed by atoms with Gasteiger partial charge in [0.05, 0.1) is 14.4 Å². The molecule has 6 nitrogen and oxygen atoms in total. The zero-order chi connectivity index (χ0) is 19.4. The summed E-state index contributed by atoms with van der Waals surface area (Å²) in [7, 11) is 0. The Morgan fingerprint density at radius 3 is 2.70 bits per heavy atom. The van der Waals surface area contributed by atoms with Gasteiger partial charge in [0.25, 0.3) is 0 Å². The monoisotopic (exact) mass is 484 g/mol. The van der Waals surface area contributed by atoms with Crippen molar-refractivity contribution in [1.29, 1.82) is 0 Å². The Hall–Kier alpha value is -1.68. The van der Waals surface area contributed by atoms with E-state index < -0.39 is 5.25 Å². The van der Waals surface area contributed by atoms with Gasteiger partial charge in [0, 0.05) is 17.1 Å². The second kappa shape index (κ2) is 9.01. The van der Waals surface area contributed by atoms with Crippen molar-refractivity contribution < 1.29 is 9.59 Å². The lowest BCUT2D eigenvalue weighted by Crippen LogP contribution is -2.41. The molecule has 1 unspecified atom stereocenters. The van der Waals surface area contributed by atoms with Gasteiger partial charge in [-0.05, 0) is 59.3 Å². The average Bonchev–Trinajstić information content (AvgIpc) is 3.07. The number of carbonyl (C=O) groups is 2. The molecule has 0 radical (unpaired) electrons. The summed E-state index contributed by atoms with van der Waals surface area (Å²) < 4.78 is 0.999. The zero-order valence-electron chi connectivity index (χ0n) is 14.0. The highest BCUT2D eigenvalue weighted by Crippen LogP contribution is 2.24. The quantitative estimate of drug-likeness (QED) is 0.494. The molecular formula is C17H14BrClN4O2S2. The standard InChI is InChI=1S/C17H14BrClN4O2S2/c1-9(12-6-7-14(18)26-12)22-23-17-21-15(24)8-13(27-17)16(25)20-11-4-2-10(19)3-5-11/h2-7,13H,8H2,1H3,(H,20,25)(H,21,23,24)/b22-9+. The summed E-state index contributed by atoms with van der Waals surface area (Å²) in [4.78, 5) is 25.4. The smallest absolute Gasteiger partial charge is 0.238 e. The van der Waals surface area contributed by atoms with Crippen LogP contribution in [0.5, 0.6) is 0 Å². The fourth-order valence-corrected chi connectivity index (χ4v) is 4.56. The van der Waals surface area contributed by atoms with Crippen LogP contribution in [0.4, 0.5) is 5.69 Å². The minimum absolute atomic E-state index is 0.0731. The summed E-state index contributed by atoms with van der Waals surface area (Å²) in [5.41, 5.74) is 1.34. The van der Waals surface area contributed by atoms with Crippen LogP contribution in [0.3, 0.4) is 0 Å². The highest BCUT2D eigenvalue weighted by Gasteiger charge is 2.30. The number of amides is 2. The van der Waals surface area contributed by atoms with Gasteiger partial charge in [0.15, 0.2) is 5.17 Å². The van der Waals surface area contributed by atoms with Crippen LogP contribution in [0, 0.1) is 0 Å². The number of thioether (sulfide) groups is 1. The van der Waals surface area contributed by atoms with Crippen LogP contribution in [-0.2, 0) is 9.59 Å². The summed E-state index contributed by atoms with van der Waals surface area (Å²) in [5, 5.41) is 14.0. The molecule has 0 spiro atoms. The summed E-state index contributed by atoms with van der Waals surface area (Å²) in [5.74, 6) is -0.539. The van der Waals surface area contributed by atoms with Gasteiger partial charge in [0.1, 0.15) is 5.25 Å². The summed E-state index contributed by atoms with van der Waals surface area (Å²) in [6.07, 6.45) is 0.0731. The molecule has 27 heavy (non-hydrogen) atoms. The Balaban J connectivity index is 1.68. The first kappa shape index (κ1) is 20.1. The molecule has 0 bridgehead atoms. The minimum atomic E-state index is -0.584. The molecule has 1 atom stereocenters. The maximum atomic E-state index is 12.5. The largest absolute Gasteiger partial charge is 0.325 e. The topological polar surface area (TPSA) is 82.9 Å². The predicted octanol–water partition coefficient (Wildman–Crippen LogP) is 4.50. The Bertz CT molecular complexity index is 927. The third-order valence-electron chi connectivity index (χ3n) is 3.50. The van der Waals surface area contributed by atoms with Crippen molar-refractivity contribution in [2.45, 2.75) is 18.6 Å². The fraction of sp³-hybridized carbons (Fsp3) is 0.176. The number of benzene rings is 1. The van der Waals surface area contributed by atoms with Crippen molar-refractivity contribution in [2.75, 3.05) is 5.32 Å². The Morgan fingerprint density at radius 1 is 1.30 bits per heavy atom. The van der Waals surface area contributed by atoms with Gasteiger partial charge in [-0.15, -0.1) is 16.4 Å². The zero-order valence-corrected chi connectivity index (χ0v) is 18.0. The Morgan fingerprint density at radius 2 is 2.04 bits per heavy atom. The molecule has 1 aliphatic heterocycles. The first-order valence-corrected chi connectivity index (χ1v) is 10.7. The molecule has 3 rings (SSSR count). The maximum absolute atomic E-state index is 12.5. The number of anilines is 1. The van der Waals surface area contributed by atoms with Crippen LogP contribution >= 0.6 is 50.6 Å². The van der Waals surface area contributed by atoms with Crippen molar-refractivity contribution in [1.82, 2.24) is 5.32 Å². The highest BCUT2D eigenvalue weighted by atomic mass is 79.9. The third-order valence-corrected chi connectivity index (χ3v) is 6.55. The van der Waals surface area contributed by atoms with Crippen molar-refractivity contribution >= 4 is 79.0 Å². The number of amidine groups is 1. The number of hydrogen-bond donors (Lipinski definition) is 2. The van der Waals surface area contributed by atoms with Gasteiger partial charge in [-0.2, -0.15) is 5.10 Å². The van der Waals surface area contributed by atoms with E-state index in [1.165, 1.54) is 23.1 Å². The van der Waals surface area contributed by atoms with Crippen molar-refractivity contribution in [3.63, 3.8) is 0 Å². The molecule has 2 amide bonds. The molecule has 2 N–H and O–H groups in total. The highest BCUT2D eigenvalue weighted by molar-refractivity contribution is 9.11. The molecular weight excluding hydrogens is 472 g/mol. The normalized spacial score (nSPS) is 19.1. The van der Waals surface area contributed by atoms with Crippen molar-refractivity contribution in [2.24, 2.45) is 10.2 Å². The minimum Gasteiger partial charge on any atom is -0.325 e. The van der Waals surface area contributed by atoms with Crippen LogP contribution in [-0.4, -0.2) is 27.9 Å². The molecule has 140 valence electrons. The lowest BCUT2D eigenvalue weighted by molar-refractivity contribution is -0.123. The number of thiophene rings is 1. The maximum Gasteiger partial charge on any atom is 0.238 e. The Labute approximate surface area is 177 Å². The molecule has 1 aliphatic rings. The van der Waals surface area contributed by atoms with Crippen LogP contribution in [0.2, 0.25) is 5.02 Å². The summed E-state index contributed by atoms with van der Waals surface area (Å²) in [6, 6.07) is 10.6. The number of rotatable bonds is 4. The molecule has 1 saturated heterocycles. The van der Waals surface area contributed by atoms with Crippen LogP contribution in [0.1, 0.15) is 18.2 Å². The van der Waals surface area contributed by atoms with E-state index in [1.54, 1.807) is 24.3 Å². The van der Waals surface area contributed by atoms with E-state index in [4.69, 9.17) is 11.6 Å². The van der Waals surface area contributed by atoms with Crippen molar-refractivity contribution in [3.8, 4) is 0 Å². The number of nitrogens with zero attached hydrogens (tertiary/aromatic N) is 2. The van der Waals surface area contributed by atoms with Gasteiger partial charge in [-0.25, -0.2) is 0 Å². The molecule has 10 heteroatoms. The SMILES string of the molecule is C/C(=N\N=C1/NC(=O)CC(C(=O)Nc2ccc(Cl)cc2)S1)c1ccc(Br)s1. The summed E-state index contributed by atoms with van der Waals surface area (Å²) in [6.45, 7) is 1.84. The Kier molecular flexibility index (Phi) is 6.69. The van der Waals surface area contributed by atoms with E-state index in [2.05, 4.69) is 36.8 Å².